The lowest BCUT2D eigenvalue weighted by Crippen LogP contribution is -2.41. The quantitative estimate of drug-likeness (QED) is 0.462. The molecule has 1 saturated heterocycles. The number of rotatable bonds is 7. The summed E-state index contributed by atoms with van der Waals surface area (Å²) in [7, 11) is 0. The standard InChI is InChI=1S/C21H24N2O4/c1-3-4-14-27-18(24)12-13-23-19(25)21(2,22-20(23)26)17-11-7-9-15-8-5-6-10-16(15)17/h5-11H,3-4,12-14H2,1-2H3,(H,22,26)/t21-/m0/s1. The van der Waals surface area contributed by atoms with Crippen molar-refractivity contribution in [2.24, 2.45) is 0 Å². The Kier molecular flexibility index (Phi) is 5.44. The number of unbranched alkanes of at least 4 members (excludes halogenated alkanes) is 1. The summed E-state index contributed by atoms with van der Waals surface area (Å²) in [5, 5.41) is 4.71. The monoisotopic (exact) mass is 368 g/mol. The molecule has 0 spiro atoms. The Morgan fingerprint density at radius 3 is 2.67 bits per heavy atom. The molecule has 0 aromatic heterocycles. The molecule has 142 valence electrons. The van der Waals surface area contributed by atoms with Gasteiger partial charge in [0.05, 0.1) is 13.0 Å². The van der Waals surface area contributed by atoms with Gasteiger partial charge in [-0.3, -0.25) is 14.5 Å². The van der Waals surface area contributed by atoms with Crippen LogP contribution in [0.15, 0.2) is 42.5 Å². The summed E-state index contributed by atoms with van der Waals surface area (Å²) in [5.74, 6) is -0.756. The minimum Gasteiger partial charge on any atom is -0.466 e. The number of benzene rings is 2. The minimum absolute atomic E-state index is 0.00546. The Labute approximate surface area is 158 Å². The van der Waals surface area contributed by atoms with Crippen LogP contribution in [0.1, 0.15) is 38.7 Å². The summed E-state index contributed by atoms with van der Waals surface area (Å²) in [6, 6.07) is 12.9. The van der Waals surface area contributed by atoms with Crippen LogP contribution in [0.3, 0.4) is 0 Å². The molecule has 0 bridgehead atoms. The Bertz CT molecular complexity index is 874. The van der Waals surface area contributed by atoms with Crippen molar-refractivity contribution in [1.29, 1.82) is 0 Å². The van der Waals surface area contributed by atoms with Gasteiger partial charge in [-0.1, -0.05) is 55.8 Å². The average Bonchev–Trinajstić information content (AvgIpc) is 2.89. The fraction of sp³-hybridized carbons (Fsp3) is 0.381. The molecular formula is C21H24N2O4. The number of carbonyl (C=O) groups is 3. The molecule has 1 aliphatic heterocycles. The molecule has 3 rings (SSSR count). The number of esters is 1. The van der Waals surface area contributed by atoms with Gasteiger partial charge in [-0.25, -0.2) is 4.79 Å². The summed E-state index contributed by atoms with van der Waals surface area (Å²) in [6.07, 6.45) is 1.73. The van der Waals surface area contributed by atoms with Crippen LogP contribution in [0.5, 0.6) is 0 Å². The van der Waals surface area contributed by atoms with Crippen LogP contribution < -0.4 is 5.32 Å². The van der Waals surface area contributed by atoms with E-state index in [1.807, 2.05) is 49.4 Å². The number of ether oxygens (including phenoxy) is 1. The zero-order valence-corrected chi connectivity index (χ0v) is 15.7. The number of nitrogens with one attached hydrogen (secondary N) is 1. The Balaban J connectivity index is 1.77. The molecule has 1 fully saturated rings. The lowest BCUT2D eigenvalue weighted by atomic mass is 9.88. The summed E-state index contributed by atoms with van der Waals surface area (Å²) in [5.41, 5.74) is -0.420. The van der Waals surface area contributed by atoms with E-state index in [0.29, 0.717) is 6.61 Å². The maximum Gasteiger partial charge on any atom is 0.325 e. The topological polar surface area (TPSA) is 75.7 Å². The Morgan fingerprint density at radius 1 is 1.15 bits per heavy atom. The molecule has 3 amide bonds. The average molecular weight is 368 g/mol. The van der Waals surface area contributed by atoms with Crippen molar-refractivity contribution in [2.75, 3.05) is 13.2 Å². The largest absolute Gasteiger partial charge is 0.466 e. The molecule has 27 heavy (non-hydrogen) atoms. The fourth-order valence-corrected chi connectivity index (χ4v) is 3.35. The second-order valence-corrected chi connectivity index (χ2v) is 6.86. The normalized spacial score (nSPS) is 19.4. The molecular weight excluding hydrogens is 344 g/mol. The van der Waals surface area contributed by atoms with Crippen LogP contribution in [0.4, 0.5) is 4.79 Å². The van der Waals surface area contributed by atoms with E-state index in [1.54, 1.807) is 6.92 Å². The predicted octanol–water partition coefficient (Wildman–Crippen LogP) is 3.34. The fourth-order valence-electron chi connectivity index (χ4n) is 3.35. The predicted molar refractivity (Wildman–Crippen MR) is 102 cm³/mol. The lowest BCUT2D eigenvalue weighted by Gasteiger charge is -2.24. The third-order valence-electron chi connectivity index (χ3n) is 4.90. The van der Waals surface area contributed by atoms with Crippen LogP contribution in [0.2, 0.25) is 0 Å². The molecule has 1 N–H and O–H groups in total. The van der Waals surface area contributed by atoms with Crippen molar-refractivity contribution >= 4 is 28.7 Å². The minimum atomic E-state index is -1.16. The van der Waals surface area contributed by atoms with Crippen molar-refractivity contribution in [3.63, 3.8) is 0 Å². The number of nitrogens with zero attached hydrogens (tertiary/aromatic N) is 1. The van der Waals surface area contributed by atoms with E-state index in [2.05, 4.69) is 5.32 Å². The second kappa shape index (κ2) is 7.78. The van der Waals surface area contributed by atoms with E-state index in [9.17, 15) is 14.4 Å². The molecule has 0 unspecified atom stereocenters. The van der Waals surface area contributed by atoms with E-state index < -0.39 is 17.5 Å². The number of amides is 3. The summed E-state index contributed by atoms with van der Waals surface area (Å²) >= 11 is 0. The van der Waals surface area contributed by atoms with E-state index in [0.717, 1.165) is 34.1 Å². The van der Waals surface area contributed by atoms with E-state index in [1.165, 1.54) is 0 Å². The third-order valence-corrected chi connectivity index (χ3v) is 4.90. The number of hydrogen-bond acceptors (Lipinski definition) is 4. The first kappa shape index (κ1) is 18.9. The molecule has 1 heterocycles. The summed E-state index contributed by atoms with van der Waals surface area (Å²) < 4.78 is 5.10. The maximum atomic E-state index is 13.0. The van der Waals surface area contributed by atoms with Crippen LogP contribution >= 0.6 is 0 Å². The summed E-state index contributed by atoms with van der Waals surface area (Å²) in [6.45, 7) is 4.09. The van der Waals surface area contributed by atoms with Crippen molar-refractivity contribution in [3.8, 4) is 0 Å². The smallest absolute Gasteiger partial charge is 0.325 e. The molecule has 0 radical (unpaired) electrons. The molecule has 1 atom stereocenters. The zero-order valence-electron chi connectivity index (χ0n) is 15.7. The van der Waals surface area contributed by atoms with Gasteiger partial charge >= 0.3 is 12.0 Å². The zero-order chi connectivity index (χ0) is 19.4. The lowest BCUT2D eigenvalue weighted by molar-refractivity contribution is -0.144. The van der Waals surface area contributed by atoms with E-state index >= 15 is 0 Å². The van der Waals surface area contributed by atoms with Crippen molar-refractivity contribution in [1.82, 2.24) is 10.2 Å². The van der Waals surface area contributed by atoms with Gasteiger partial charge in [0, 0.05) is 6.54 Å². The van der Waals surface area contributed by atoms with Crippen LogP contribution in [-0.4, -0.2) is 36.0 Å². The molecule has 2 aromatic rings. The highest BCUT2D eigenvalue weighted by Gasteiger charge is 2.49. The SMILES string of the molecule is CCCCOC(=O)CCN1C(=O)N[C@@](C)(c2cccc3ccccc23)C1=O. The van der Waals surface area contributed by atoms with E-state index in [-0.39, 0.29) is 18.9 Å². The van der Waals surface area contributed by atoms with Gasteiger partial charge in [0.25, 0.3) is 5.91 Å². The first-order valence-electron chi connectivity index (χ1n) is 9.25. The molecule has 0 saturated carbocycles. The molecule has 1 aliphatic rings. The first-order valence-corrected chi connectivity index (χ1v) is 9.25. The second-order valence-electron chi connectivity index (χ2n) is 6.86. The molecule has 6 nitrogen and oxygen atoms in total. The number of urea groups is 1. The van der Waals surface area contributed by atoms with Gasteiger partial charge in [0.15, 0.2) is 0 Å². The van der Waals surface area contributed by atoms with Crippen molar-refractivity contribution in [3.05, 3.63) is 48.0 Å². The molecule has 2 aromatic carbocycles. The van der Waals surface area contributed by atoms with Gasteiger partial charge in [-0.05, 0) is 29.7 Å². The van der Waals surface area contributed by atoms with Gasteiger partial charge in [-0.15, -0.1) is 0 Å². The maximum absolute atomic E-state index is 13.0. The first-order chi connectivity index (χ1) is 13.0. The van der Waals surface area contributed by atoms with Gasteiger partial charge < -0.3 is 10.1 Å². The molecule has 0 aliphatic carbocycles. The van der Waals surface area contributed by atoms with Gasteiger partial charge in [-0.2, -0.15) is 0 Å². The van der Waals surface area contributed by atoms with Gasteiger partial charge in [0.2, 0.25) is 0 Å². The third kappa shape index (κ3) is 3.65. The van der Waals surface area contributed by atoms with E-state index in [4.69, 9.17) is 4.74 Å². The Hall–Kier alpha value is -2.89. The summed E-state index contributed by atoms with van der Waals surface area (Å²) in [4.78, 5) is 38.4. The molecule has 6 heteroatoms. The van der Waals surface area contributed by atoms with Crippen molar-refractivity contribution in [2.45, 2.75) is 38.6 Å². The number of carbonyl (C=O) groups excluding carboxylic acids is 3. The highest BCUT2D eigenvalue weighted by Crippen LogP contribution is 2.33. The number of fused-ring (bicyclic) bond motifs is 1. The van der Waals surface area contributed by atoms with Gasteiger partial charge in [0.1, 0.15) is 5.54 Å². The van der Waals surface area contributed by atoms with Crippen LogP contribution in [0.25, 0.3) is 10.8 Å². The Morgan fingerprint density at radius 2 is 1.89 bits per heavy atom. The highest BCUT2D eigenvalue weighted by molar-refractivity contribution is 6.09. The highest BCUT2D eigenvalue weighted by atomic mass is 16.5. The van der Waals surface area contributed by atoms with Crippen LogP contribution in [0, 0.1) is 0 Å². The van der Waals surface area contributed by atoms with Crippen LogP contribution in [-0.2, 0) is 19.9 Å². The number of hydrogen-bond donors (Lipinski definition) is 1. The number of imide groups is 1. The van der Waals surface area contributed by atoms with Crippen molar-refractivity contribution < 1.29 is 19.1 Å².